The van der Waals surface area contributed by atoms with E-state index in [2.05, 4.69) is 0 Å². The SMILES string of the molecule is N#Cc1c(SC(F)(F)F)ccc(C(=O)O)c1CN. The lowest BCUT2D eigenvalue weighted by Gasteiger charge is -2.12. The van der Waals surface area contributed by atoms with E-state index in [1.807, 2.05) is 0 Å². The Bertz CT molecular complexity index is 523. The molecule has 0 aliphatic heterocycles. The van der Waals surface area contributed by atoms with Gasteiger partial charge in [0.1, 0.15) is 6.07 Å². The first-order valence-electron chi connectivity index (χ1n) is 4.55. The Kier molecular flexibility index (Phi) is 4.21. The number of halogens is 3. The van der Waals surface area contributed by atoms with E-state index in [0.717, 1.165) is 12.1 Å². The van der Waals surface area contributed by atoms with E-state index in [4.69, 9.17) is 16.1 Å². The Labute approximate surface area is 104 Å². The van der Waals surface area contributed by atoms with Crippen LogP contribution in [-0.2, 0) is 6.54 Å². The molecule has 1 aromatic rings. The van der Waals surface area contributed by atoms with Gasteiger partial charge in [0.2, 0.25) is 0 Å². The molecule has 0 atom stereocenters. The van der Waals surface area contributed by atoms with Crippen LogP contribution in [0.2, 0.25) is 0 Å². The standard InChI is InChI=1S/C10H7F3N2O2S/c11-10(12,13)18-8-2-1-5(9(16)17)6(3-14)7(8)4-15/h1-2H,3,14H2,(H,16,17). The first-order valence-corrected chi connectivity index (χ1v) is 5.37. The lowest BCUT2D eigenvalue weighted by Crippen LogP contribution is -2.11. The van der Waals surface area contributed by atoms with E-state index in [0.29, 0.717) is 0 Å². The predicted octanol–water partition coefficient (Wildman–Crippen LogP) is 2.33. The number of carbonyl (C=O) groups is 1. The van der Waals surface area contributed by atoms with Crippen molar-refractivity contribution in [2.45, 2.75) is 16.9 Å². The average molecular weight is 276 g/mol. The molecule has 96 valence electrons. The molecule has 0 saturated carbocycles. The molecule has 0 aromatic heterocycles. The highest BCUT2D eigenvalue weighted by molar-refractivity contribution is 8.00. The molecule has 0 aliphatic carbocycles. The summed E-state index contributed by atoms with van der Waals surface area (Å²) in [6, 6.07) is 3.54. The van der Waals surface area contributed by atoms with Crippen LogP contribution in [0.1, 0.15) is 21.5 Å². The summed E-state index contributed by atoms with van der Waals surface area (Å²) in [4.78, 5) is 10.5. The summed E-state index contributed by atoms with van der Waals surface area (Å²) in [6.07, 6.45) is 0. The molecule has 3 N–H and O–H groups in total. The second kappa shape index (κ2) is 5.29. The number of benzene rings is 1. The molecular formula is C10H7F3N2O2S. The number of thioether (sulfide) groups is 1. The normalized spacial score (nSPS) is 11.1. The van der Waals surface area contributed by atoms with Gasteiger partial charge >= 0.3 is 11.5 Å². The molecule has 0 amide bonds. The maximum Gasteiger partial charge on any atom is 0.446 e. The molecule has 0 unspecified atom stereocenters. The maximum atomic E-state index is 12.3. The van der Waals surface area contributed by atoms with E-state index in [-0.39, 0.29) is 28.1 Å². The van der Waals surface area contributed by atoms with Gasteiger partial charge in [0.15, 0.2) is 0 Å². The van der Waals surface area contributed by atoms with Crippen LogP contribution >= 0.6 is 11.8 Å². The molecule has 1 aromatic carbocycles. The van der Waals surface area contributed by atoms with Crippen LogP contribution in [-0.4, -0.2) is 16.6 Å². The number of nitrogens with two attached hydrogens (primary N) is 1. The van der Waals surface area contributed by atoms with Crippen molar-refractivity contribution >= 4 is 17.7 Å². The van der Waals surface area contributed by atoms with Gasteiger partial charge in [-0.05, 0) is 29.5 Å². The molecule has 0 spiro atoms. The Morgan fingerprint density at radius 2 is 2.11 bits per heavy atom. The number of hydrogen-bond acceptors (Lipinski definition) is 4. The van der Waals surface area contributed by atoms with Gasteiger partial charge in [-0.3, -0.25) is 0 Å². The molecule has 18 heavy (non-hydrogen) atoms. The first-order chi connectivity index (χ1) is 8.30. The van der Waals surface area contributed by atoms with E-state index < -0.39 is 23.2 Å². The van der Waals surface area contributed by atoms with Gasteiger partial charge in [-0.15, -0.1) is 0 Å². The first kappa shape index (κ1) is 14.3. The van der Waals surface area contributed by atoms with Crippen molar-refractivity contribution in [1.29, 1.82) is 5.26 Å². The Morgan fingerprint density at radius 1 is 1.50 bits per heavy atom. The zero-order valence-corrected chi connectivity index (χ0v) is 9.60. The summed E-state index contributed by atoms with van der Waals surface area (Å²) >= 11 is -0.469. The lowest BCUT2D eigenvalue weighted by molar-refractivity contribution is -0.0328. The number of carboxylic acid groups (broad SMARTS) is 1. The van der Waals surface area contributed by atoms with Crippen molar-refractivity contribution in [2.75, 3.05) is 0 Å². The molecule has 0 heterocycles. The zero-order valence-electron chi connectivity index (χ0n) is 8.78. The summed E-state index contributed by atoms with van der Waals surface area (Å²) in [7, 11) is 0. The van der Waals surface area contributed by atoms with Crippen molar-refractivity contribution in [3.8, 4) is 6.07 Å². The lowest BCUT2D eigenvalue weighted by atomic mass is 10.0. The van der Waals surface area contributed by atoms with Gasteiger partial charge in [-0.25, -0.2) is 4.79 Å². The quantitative estimate of drug-likeness (QED) is 0.827. The van der Waals surface area contributed by atoms with Gasteiger partial charge in [0.05, 0.1) is 11.1 Å². The van der Waals surface area contributed by atoms with Crippen LogP contribution in [0.4, 0.5) is 13.2 Å². The summed E-state index contributed by atoms with van der Waals surface area (Å²) in [6.45, 7) is -0.323. The molecule has 0 radical (unpaired) electrons. The van der Waals surface area contributed by atoms with Crippen molar-refractivity contribution in [3.05, 3.63) is 28.8 Å². The number of nitriles is 1. The van der Waals surface area contributed by atoms with Crippen LogP contribution in [0.5, 0.6) is 0 Å². The highest BCUT2D eigenvalue weighted by atomic mass is 32.2. The Morgan fingerprint density at radius 3 is 2.50 bits per heavy atom. The van der Waals surface area contributed by atoms with Crippen molar-refractivity contribution < 1.29 is 23.1 Å². The number of rotatable bonds is 3. The third-order valence-corrected chi connectivity index (χ3v) is 2.84. The van der Waals surface area contributed by atoms with Crippen molar-refractivity contribution in [1.82, 2.24) is 0 Å². The van der Waals surface area contributed by atoms with Crippen LogP contribution in [0.25, 0.3) is 0 Å². The zero-order chi connectivity index (χ0) is 13.9. The fraction of sp³-hybridized carbons (Fsp3) is 0.200. The topological polar surface area (TPSA) is 87.1 Å². The fourth-order valence-electron chi connectivity index (χ4n) is 1.37. The van der Waals surface area contributed by atoms with E-state index in [1.165, 1.54) is 0 Å². The third kappa shape index (κ3) is 3.15. The van der Waals surface area contributed by atoms with Gasteiger partial charge in [0.25, 0.3) is 0 Å². The minimum absolute atomic E-state index is 0.0979. The van der Waals surface area contributed by atoms with Crippen LogP contribution in [0.3, 0.4) is 0 Å². The average Bonchev–Trinajstić information content (AvgIpc) is 2.25. The molecule has 0 fully saturated rings. The number of carboxylic acids is 1. The molecular weight excluding hydrogens is 269 g/mol. The molecule has 1 rings (SSSR count). The molecule has 0 bridgehead atoms. The number of alkyl halides is 3. The number of aromatic carboxylic acids is 1. The van der Waals surface area contributed by atoms with E-state index in [9.17, 15) is 18.0 Å². The van der Waals surface area contributed by atoms with Gasteiger partial charge in [-0.2, -0.15) is 18.4 Å². The minimum Gasteiger partial charge on any atom is -0.478 e. The second-order valence-electron chi connectivity index (χ2n) is 3.13. The Hall–Kier alpha value is -1.72. The van der Waals surface area contributed by atoms with E-state index in [1.54, 1.807) is 6.07 Å². The molecule has 0 saturated heterocycles. The summed E-state index contributed by atoms with van der Waals surface area (Å²) < 4.78 is 36.8. The van der Waals surface area contributed by atoms with Crippen molar-refractivity contribution in [3.63, 3.8) is 0 Å². The third-order valence-electron chi connectivity index (χ3n) is 2.05. The number of hydrogen-bond donors (Lipinski definition) is 2. The number of nitrogens with zero attached hydrogens (tertiary/aromatic N) is 1. The smallest absolute Gasteiger partial charge is 0.446 e. The van der Waals surface area contributed by atoms with Gasteiger partial charge in [0, 0.05) is 11.4 Å². The second-order valence-corrected chi connectivity index (χ2v) is 4.24. The highest BCUT2D eigenvalue weighted by Gasteiger charge is 2.31. The predicted molar refractivity (Wildman–Crippen MR) is 57.9 cm³/mol. The summed E-state index contributed by atoms with van der Waals surface area (Å²) in [5.74, 6) is -1.34. The maximum absolute atomic E-state index is 12.3. The molecule has 8 heteroatoms. The Balaban J connectivity index is 3.41. The van der Waals surface area contributed by atoms with Crippen molar-refractivity contribution in [2.24, 2.45) is 5.73 Å². The van der Waals surface area contributed by atoms with Crippen LogP contribution in [0.15, 0.2) is 17.0 Å². The molecule has 4 nitrogen and oxygen atoms in total. The summed E-state index contributed by atoms with van der Waals surface area (Å²) in [5.41, 5.74) is 0.0304. The van der Waals surface area contributed by atoms with Gasteiger partial charge in [-0.1, -0.05) is 0 Å². The largest absolute Gasteiger partial charge is 0.478 e. The van der Waals surface area contributed by atoms with Gasteiger partial charge < -0.3 is 10.8 Å². The molecule has 0 aliphatic rings. The summed E-state index contributed by atoms with van der Waals surface area (Å²) in [5, 5.41) is 17.7. The van der Waals surface area contributed by atoms with E-state index >= 15 is 0 Å². The van der Waals surface area contributed by atoms with Crippen LogP contribution < -0.4 is 5.73 Å². The highest BCUT2D eigenvalue weighted by Crippen LogP contribution is 2.39. The monoisotopic (exact) mass is 276 g/mol. The fourth-order valence-corrected chi connectivity index (χ4v) is 2.03. The minimum atomic E-state index is -4.55. The van der Waals surface area contributed by atoms with Crippen LogP contribution in [0, 0.1) is 11.3 Å².